The minimum Gasteiger partial charge on any atom is -0.311 e. The maximum Gasteiger partial charge on any atom is 0.0452 e. The Balaban J connectivity index is 1.83. The zero-order valence-corrected chi connectivity index (χ0v) is 14.3. The first kappa shape index (κ1) is 15.6. The predicted octanol–water partition coefficient (Wildman–Crippen LogP) is 4.35. The number of nitrogens with zero attached hydrogens (tertiary/aromatic N) is 1. The van der Waals surface area contributed by atoms with Gasteiger partial charge < -0.3 is 5.32 Å². The summed E-state index contributed by atoms with van der Waals surface area (Å²) in [7, 11) is 0. The molecule has 2 atom stereocenters. The van der Waals surface area contributed by atoms with Crippen LogP contribution in [0.4, 0.5) is 0 Å². The molecule has 116 valence electrons. The third-order valence-corrected chi connectivity index (χ3v) is 5.83. The largest absolute Gasteiger partial charge is 0.311 e. The molecule has 0 radical (unpaired) electrons. The first-order chi connectivity index (χ1) is 10.0. The van der Waals surface area contributed by atoms with Gasteiger partial charge in [0.25, 0.3) is 0 Å². The van der Waals surface area contributed by atoms with E-state index in [2.05, 4.69) is 24.1 Å². The van der Waals surface area contributed by atoms with Crippen LogP contribution < -0.4 is 5.32 Å². The van der Waals surface area contributed by atoms with Gasteiger partial charge in [-0.2, -0.15) is 0 Å². The number of hydrogen-bond donors (Lipinski definition) is 1. The molecule has 21 heavy (non-hydrogen) atoms. The maximum atomic E-state index is 6.37. The molecule has 1 N–H and O–H groups in total. The lowest BCUT2D eigenvalue weighted by Gasteiger charge is -2.49. The summed E-state index contributed by atoms with van der Waals surface area (Å²) in [5.41, 5.74) is 1.39. The summed E-state index contributed by atoms with van der Waals surface area (Å²) >= 11 is 12.5. The Kier molecular flexibility index (Phi) is 4.52. The van der Waals surface area contributed by atoms with Gasteiger partial charge >= 0.3 is 0 Å². The SMILES string of the molecule is CCC1CN(Cc2cc(Cl)ccc2Cl)C(C)(C2CC2)CN1. The molecule has 0 aromatic heterocycles. The van der Waals surface area contributed by atoms with Gasteiger partial charge in [-0.15, -0.1) is 0 Å². The molecule has 0 bridgehead atoms. The molecule has 1 aromatic carbocycles. The zero-order chi connectivity index (χ0) is 15.0. The molecular formula is C17H24Cl2N2. The highest BCUT2D eigenvalue weighted by Gasteiger charge is 2.48. The third-order valence-electron chi connectivity index (χ3n) is 5.23. The average Bonchev–Trinajstić information content (AvgIpc) is 3.30. The van der Waals surface area contributed by atoms with Crippen molar-refractivity contribution in [1.82, 2.24) is 10.2 Å². The van der Waals surface area contributed by atoms with Crippen LogP contribution in [0.2, 0.25) is 10.0 Å². The van der Waals surface area contributed by atoms with Crippen molar-refractivity contribution < 1.29 is 0 Å². The number of rotatable bonds is 4. The molecule has 2 fully saturated rings. The standard InChI is InChI=1S/C17H24Cl2N2/c1-3-15-10-21(17(2,11-20-15)13-4-5-13)9-12-8-14(18)6-7-16(12)19/h6-8,13,15,20H,3-5,9-11H2,1-2H3. The molecule has 0 spiro atoms. The van der Waals surface area contributed by atoms with Crippen LogP contribution in [-0.2, 0) is 6.54 Å². The summed E-state index contributed by atoms with van der Waals surface area (Å²) in [6.45, 7) is 7.72. The summed E-state index contributed by atoms with van der Waals surface area (Å²) in [5, 5.41) is 5.31. The van der Waals surface area contributed by atoms with Crippen molar-refractivity contribution in [2.75, 3.05) is 13.1 Å². The van der Waals surface area contributed by atoms with E-state index in [9.17, 15) is 0 Å². The van der Waals surface area contributed by atoms with Gasteiger partial charge in [-0.05, 0) is 55.9 Å². The van der Waals surface area contributed by atoms with Crippen molar-refractivity contribution in [3.8, 4) is 0 Å². The quantitative estimate of drug-likeness (QED) is 0.885. The van der Waals surface area contributed by atoms with E-state index in [1.165, 1.54) is 19.3 Å². The van der Waals surface area contributed by atoms with Gasteiger partial charge in [-0.1, -0.05) is 30.1 Å². The summed E-state index contributed by atoms with van der Waals surface area (Å²) in [5.74, 6) is 0.820. The van der Waals surface area contributed by atoms with E-state index in [0.717, 1.165) is 41.2 Å². The van der Waals surface area contributed by atoms with Crippen LogP contribution in [0.3, 0.4) is 0 Å². The van der Waals surface area contributed by atoms with Crippen molar-refractivity contribution in [1.29, 1.82) is 0 Å². The van der Waals surface area contributed by atoms with Gasteiger partial charge in [0.1, 0.15) is 0 Å². The summed E-state index contributed by atoms with van der Waals surface area (Å²) in [6.07, 6.45) is 3.88. The Labute approximate surface area is 137 Å². The van der Waals surface area contributed by atoms with Crippen LogP contribution in [0.25, 0.3) is 0 Å². The van der Waals surface area contributed by atoms with Crippen LogP contribution >= 0.6 is 23.2 Å². The number of halogens is 2. The topological polar surface area (TPSA) is 15.3 Å². The van der Waals surface area contributed by atoms with E-state index < -0.39 is 0 Å². The first-order valence-corrected chi connectivity index (χ1v) is 8.71. The molecule has 1 saturated heterocycles. The highest BCUT2D eigenvalue weighted by Crippen LogP contribution is 2.44. The molecule has 2 unspecified atom stereocenters. The second-order valence-electron chi connectivity index (χ2n) is 6.73. The van der Waals surface area contributed by atoms with Gasteiger partial charge in [0.15, 0.2) is 0 Å². The van der Waals surface area contributed by atoms with Crippen LogP contribution in [0.1, 0.15) is 38.7 Å². The normalized spacial score (nSPS) is 30.6. The Morgan fingerprint density at radius 3 is 2.76 bits per heavy atom. The Morgan fingerprint density at radius 1 is 1.33 bits per heavy atom. The van der Waals surface area contributed by atoms with Crippen LogP contribution in [-0.4, -0.2) is 29.6 Å². The number of piperazine rings is 1. The van der Waals surface area contributed by atoms with E-state index in [1.54, 1.807) is 0 Å². The highest BCUT2D eigenvalue weighted by atomic mass is 35.5. The van der Waals surface area contributed by atoms with Crippen molar-refractivity contribution in [3.63, 3.8) is 0 Å². The third kappa shape index (κ3) is 3.24. The minimum absolute atomic E-state index is 0.247. The second kappa shape index (κ2) is 6.08. The maximum absolute atomic E-state index is 6.37. The molecule has 2 nitrogen and oxygen atoms in total. The Hall–Kier alpha value is -0.280. The van der Waals surface area contributed by atoms with E-state index in [1.807, 2.05) is 18.2 Å². The van der Waals surface area contributed by atoms with Crippen molar-refractivity contribution in [3.05, 3.63) is 33.8 Å². The Bertz CT molecular complexity index is 516. The first-order valence-electron chi connectivity index (χ1n) is 7.95. The molecule has 1 saturated carbocycles. The smallest absolute Gasteiger partial charge is 0.0452 e. The lowest BCUT2D eigenvalue weighted by atomic mass is 9.88. The minimum atomic E-state index is 0.247. The van der Waals surface area contributed by atoms with E-state index in [0.29, 0.717) is 6.04 Å². The lowest BCUT2D eigenvalue weighted by Crippen LogP contribution is -2.63. The number of nitrogens with one attached hydrogen (secondary N) is 1. The lowest BCUT2D eigenvalue weighted by molar-refractivity contribution is 0.0271. The molecule has 1 heterocycles. The van der Waals surface area contributed by atoms with E-state index >= 15 is 0 Å². The van der Waals surface area contributed by atoms with E-state index in [4.69, 9.17) is 23.2 Å². The van der Waals surface area contributed by atoms with Gasteiger partial charge in [0.2, 0.25) is 0 Å². The van der Waals surface area contributed by atoms with E-state index in [-0.39, 0.29) is 5.54 Å². The monoisotopic (exact) mass is 326 g/mol. The molecular weight excluding hydrogens is 303 g/mol. The zero-order valence-electron chi connectivity index (χ0n) is 12.8. The number of hydrogen-bond acceptors (Lipinski definition) is 2. The van der Waals surface area contributed by atoms with Crippen molar-refractivity contribution in [2.24, 2.45) is 5.92 Å². The van der Waals surface area contributed by atoms with Crippen LogP contribution in [0.5, 0.6) is 0 Å². The second-order valence-corrected chi connectivity index (χ2v) is 7.58. The van der Waals surface area contributed by atoms with Crippen molar-refractivity contribution >= 4 is 23.2 Å². The molecule has 0 amide bonds. The molecule has 4 heteroatoms. The van der Waals surface area contributed by atoms with Crippen LogP contribution in [0.15, 0.2) is 18.2 Å². The average molecular weight is 327 g/mol. The molecule has 3 rings (SSSR count). The Morgan fingerprint density at radius 2 is 2.10 bits per heavy atom. The van der Waals surface area contributed by atoms with Crippen LogP contribution in [0, 0.1) is 5.92 Å². The molecule has 1 aliphatic carbocycles. The molecule has 1 aromatic rings. The fraction of sp³-hybridized carbons (Fsp3) is 0.647. The molecule has 2 aliphatic rings. The summed E-state index contributed by atoms with van der Waals surface area (Å²) < 4.78 is 0. The predicted molar refractivity (Wildman–Crippen MR) is 90.1 cm³/mol. The van der Waals surface area contributed by atoms with Gasteiger partial charge in [0.05, 0.1) is 0 Å². The van der Waals surface area contributed by atoms with Gasteiger partial charge in [-0.3, -0.25) is 4.90 Å². The number of benzene rings is 1. The van der Waals surface area contributed by atoms with Gasteiger partial charge in [0, 0.05) is 41.3 Å². The van der Waals surface area contributed by atoms with Crippen molar-refractivity contribution in [2.45, 2.75) is 51.2 Å². The summed E-state index contributed by atoms with van der Waals surface area (Å²) in [4.78, 5) is 2.63. The molecule has 1 aliphatic heterocycles. The van der Waals surface area contributed by atoms with Gasteiger partial charge in [-0.25, -0.2) is 0 Å². The fourth-order valence-electron chi connectivity index (χ4n) is 3.50. The highest BCUT2D eigenvalue weighted by molar-refractivity contribution is 6.33. The fourth-order valence-corrected chi connectivity index (χ4v) is 3.87. The summed E-state index contributed by atoms with van der Waals surface area (Å²) in [6, 6.07) is 6.36.